The second-order valence-electron chi connectivity index (χ2n) is 8.36. The Morgan fingerprint density at radius 2 is 1.79 bits per heavy atom. The van der Waals surface area contributed by atoms with Crippen molar-refractivity contribution in [1.29, 1.82) is 0 Å². The third-order valence-corrected chi connectivity index (χ3v) is 6.37. The van der Waals surface area contributed by atoms with Crippen LogP contribution in [0.25, 0.3) is 0 Å². The molecular weight excluding hydrogens is 387 g/mol. The van der Waals surface area contributed by atoms with Crippen LogP contribution in [0, 0.1) is 5.82 Å². The van der Waals surface area contributed by atoms with Gasteiger partial charge in [0.25, 0.3) is 0 Å². The highest BCUT2D eigenvalue weighted by Gasteiger charge is 2.38. The first kappa shape index (κ1) is 21.4. The first-order valence-electron chi connectivity index (χ1n) is 9.72. The highest BCUT2D eigenvalue weighted by atomic mass is 32.2. The van der Waals surface area contributed by atoms with E-state index in [1.165, 1.54) is 17.7 Å². The zero-order valence-corrected chi connectivity index (χ0v) is 18.1. The average molecular weight is 415 g/mol. The van der Waals surface area contributed by atoms with Gasteiger partial charge >= 0.3 is 0 Å². The predicted octanol–water partition coefficient (Wildman–Crippen LogP) is 4.40. The summed E-state index contributed by atoms with van der Waals surface area (Å²) in [5.74, 6) is -0.208. The molecule has 0 unspecified atom stereocenters. The van der Waals surface area contributed by atoms with Crippen molar-refractivity contribution in [2.45, 2.75) is 51.1 Å². The first-order valence-corrected chi connectivity index (χ1v) is 10.8. The molecule has 0 bridgehead atoms. The van der Waals surface area contributed by atoms with Gasteiger partial charge in [0.05, 0.1) is 5.75 Å². The number of hydrogen-bond acceptors (Lipinski definition) is 3. The van der Waals surface area contributed by atoms with Crippen LogP contribution in [0.4, 0.5) is 4.39 Å². The van der Waals surface area contributed by atoms with Crippen molar-refractivity contribution >= 4 is 23.6 Å². The lowest BCUT2D eigenvalue weighted by Crippen LogP contribution is -2.46. The Kier molecular flexibility index (Phi) is 6.32. The molecule has 0 aromatic heterocycles. The Morgan fingerprint density at radius 3 is 2.38 bits per heavy atom. The number of thioether (sulfide) groups is 1. The number of amides is 2. The van der Waals surface area contributed by atoms with Crippen LogP contribution in [-0.4, -0.2) is 28.5 Å². The van der Waals surface area contributed by atoms with Crippen molar-refractivity contribution in [3.05, 3.63) is 71.0 Å². The van der Waals surface area contributed by atoms with Crippen molar-refractivity contribution in [3.8, 4) is 0 Å². The number of rotatable bonds is 5. The van der Waals surface area contributed by atoms with Crippen LogP contribution in [-0.2, 0) is 21.5 Å². The lowest BCUT2D eigenvalue weighted by atomic mass is 9.86. The molecule has 1 saturated heterocycles. The third kappa shape index (κ3) is 4.99. The SMILES string of the molecule is C[C@H](C(=O)NCc1ccc(F)cc1)N1C(=O)CS[C@H]1c1ccc(C(C)(C)C)cc1. The summed E-state index contributed by atoms with van der Waals surface area (Å²) in [6, 6.07) is 13.7. The van der Waals surface area contributed by atoms with Crippen LogP contribution in [0.15, 0.2) is 48.5 Å². The summed E-state index contributed by atoms with van der Waals surface area (Å²) in [6.45, 7) is 8.53. The molecule has 1 fully saturated rings. The van der Waals surface area contributed by atoms with E-state index in [-0.39, 0.29) is 28.4 Å². The van der Waals surface area contributed by atoms with Gasteiger partial charge in [0.2, 0.25) is 11.8 Å². The first-order chi connectivity index (χ1) is 13.7. The summed E-state index contributed by atoms with van der Waals surface area (Å²) >= 11 is 1.54. The second-order valence-corrected chi connectivity index (χ2v) is 9.43. The number of nitrogens with one attached hydrogen (secondary N) is 1. The van der Waals surface area contributed by atoms with E-state index >= 15 is 0 Å². The zero-order chi connectivity index (χ0) is 21.2. The van der Waals surface area contributed by atoms with E-state index < -0.39 is 6.04 Å². The number of halogens is 1. The molecule has 2 amide bonds. The number of benzene rings is 2. The topological polar surface area (TPSA) is 49.4 Å². The van der Waals surface area contributed by atoms with Crippen LogP contribution in [0.3, 0.4) is 0 Å². The third-order valence-electron chi connectivity index (χ3n) is 5.14. The Hall–Kier alpha value is -2.34. The molecule has 1 aliphatic heterocycles. The number of hydrogen-bond donors (Lipinski definition) is 1. The maximum atomic E-state index is 13.0. The molecule has 1 N–H and O–H groups in total. The van der Waals surface area contributed by atoms with Crippen LogP contribution in [0.5, 0.6) is 0 Å². The van der Waals surface area contributed by atoms with Crippen molar-refractivity contribution in [3.63, 3.8) is 0 Å². The Morgan fingerprint density at radius 1 is 1.17 bits per heavy atom. The second kappa shape index (κ2) is 8.57. The van der Waals surface area contributed by atoms with Gasteiger partial charge in [-0.15, -0.1) is 11.8 Å². The van der Waals surface area contributed by atoms with E-state index in [0.29, 0.717) is 12.3 Å². The smallest absolute Gasteiger partial charge is 0.242 e. The lowest BCUT2D eigenvalue weighted by molar-refractivity contribution is -0.137. The van der Waals surface area contributed by atoms with E-state index in [2.05, 4.69) is 38.2 Å². The fourth-order valence-corrected chi connectivity index (χ4v) is 4.58. The summed E-state index contributed by atoms with van der Waals surface area (Å²) in [5, 5.41) is 2.67. The summed E-state index contributed by atoms with van der Waals surface area (Å²) in [4.78, 5) is 26.9. The van der Waals surface area contributed by atoms with E-state index in [1.807, 2.05) is 12.1 Å². The minimum absolute atomic E-state index is 0.0377. The van der Waals surface area contributed by atoms with Gasteiger partial charge in [-0.2, -0.15) is 0 Å². The highest BCUT2D eigenvalue weighted by molar-refractivity contribution is 8.00. The van der Waals surface area contributed by atoms with Crippen LogP contribution in [0.2, 0.25) is 0 Å². The minimum Gasteiger partial charge on any atom is -0.350 e. The Labute approximate surface area is 175 Å². The molecule has 2 atom stereocenters. The van der Waals surface area contributed by atoms with Crippen molar-refractivity contribution in [1.82, 2.24) is 10.2 Å². The summed E-state index contributed by atoms with van der Waals surface area (Å²) < 4.78 is 13.0. The standard InChI is InChI=1S/C23H27FN2O2S/c1-15(21(28)25-13-16-5-11-19(24)12-6-16)26-20(27)14-29-22(26)17-7-9-18(10-8-17)23(2,3)4/h5-12,15,22H,13-14H2,1-4H3,(H,25,28)/t15-,22+/m1/s1. The fraction of sp³-hybridized carbons (Fsp3) is 0.391. The van der Waals surface area contributed by atoms with Gasteiger partial charge in [0.1, 0.15) is 17.2 Å². The number of nitrogens with zero attached hydrogens (tertiary/aromatic N) is 1. The normalized spacial score (nSPS) is 18.0. The van der Waals surface area contributed by atoms with E-state index in [1.54, 1.807) is 35.7 Å². The van der Waals surface area contributed by atoms with E-state index in [0.717, 1.165) is 11.1 Å². The van der Waals surface area contributed by atoms with Gasteiger partial charge in [-0.25, -0.2) is 4.39 Å². The fourth-order valence-electron chi connectivity index (χ4n) is 3.32. The molecule has 1 aliphatic rings. The van der Waals surface area contributed by atoms with Gasteiger partial charge in [0, 0.05) is 6.54 Å². The molecule has 2 aromatic rings. The largest absolute Gasteiger partial charge is 0.350 e. The summed E-state index contributed by atoms with van der Waals surface area (Å²) in [5.41, 5.74) is 3.12. The molecule has 3 rings (SSSR count). The zero-order valence-electron chi connectivity index (χ0n) is 17.2. The number of carbonyl (C=O) groups is 2. The molecule has 0 saturated carbocycles. The minimum atomic E-state index is -0.592. The van der Waals surface area contributed by atoms with E-state index in [9.17, 15) is 14.0 Å². The van der Waals surface area contributed by atoms with Crippen LogP contribution in [0.1, 0.15) is 49.8 Å². The molecular formula is C23H27FN2O2S. The van der Waals surface area contributed by atoms with Gasteiger partial charge in [0.15, 0.2) is 0 Å². The van der Waals surface area contributed by atoms with Crippen molar-refractivity contribution in [2.75, 3.05) is 5.75 Å². The molecule has 4 nitrogen and oxygen atoms in total. The molecule has 0 radical (unpaired) electrons. The van der Waals surface area contributed by atoms with Crippen molar-refractivity contribution in [2.24, 2.45) is 0 Å². The average Bonchev–Trinajstić information content (AvgIpc) is 3.07. The van der Waals surface area contributed by atoms with Gasteiger partial charge in [-0.3, -0.25) is 9.59 Å². The quantitative estimate of drug-likeness (QED) is 0.789. The van der Waals surface area contributed by atoms with E-state index in [4.69, 9.17) is 0 Å². The van der Waals surface area contributed by atoms with Crippen LogP contribution < -0.4 is 5.32 Å². The monoisotopic (exact) mass is 414 g/mol. The molecule has 0 spiro atoms. The molecule has 2 aromatic carbocycles. The molecule has 6 heteroatoms. The Balaban J connectivity index is 1.70. The lowest BCUT2D eigenvalue weighted by Gasteiger charge is -2.30. The molecule has 1 heterocycles. The van der Waals surface area contributed by atoms with Crippen molar-refractivity contribution < 1.29 is 14.0 Å². The molecule has 0 aliphatic carbocycles. The Bertz CT molecular complexity index is 875. The summed E-state index contributed by atoms with van der Waals surface area (Å²) in [7, 11) is 0. The maximum absolute atomic E-state index is 13.0. The predicted molar refractivity (Wildman–Crippen MR) is 115 cm³/mol. The highest BCUT2D eigenvalue weighted by Crippen LogP contribution is 2.40. The molecule has 154 valence electrons. The van der Waals surface area contributed by atoms with Gasteiger partial charge < -0.3 is 10.2 Å². The van der Waals surface area contributed by atoms with Crippen LogP contribution >= 0.6 is 11.8 Å². The van der Waals surface area contributed by atoms with Gasteiger partial charge in [-0.1, -0.05) is 57.2 Å². The van der Waals surface area contributed by atoms with Gasteiger partial charge in [-0.05, 0) is 41.2 Å². The maximum Gasteiger partial charge on any atom is 0.242 e. The molecule has 29 heavy (non-hydrogen) atoms. The summed E-state index contributed by atoms with van der Waals surface area (Å²) in [6.07, 6.45) is 0. The number of carbonyl (C=O) groups excluding carboxylic acids is 2.